The Hall–Kier alpha value is -1.81. The lowest BCUT2D eigenvalue weighted by atomic mass is 10.3. The van der Waals surface area contributed by atoms with Crippen LogP contribution in [0.1, 0.15) is 5.56 Å². The molecule has 2 N–H and O–H groups in total. The summed E-state index contributed by atoms with van der Waals surface area (Å²) in [6, 6.07) is 7.67. The Kier molecular flexibility index (Phi) is 2.44. The number of rotatable bonds is 0. The number of fused-ring (bicyclic) bond motifs is 3. The summed E-state index contributed by atoms with van der Waals surface area (Å²) in [5.74, 6) is 0.519. The second kappa shape index (κ2) is 3.64. The second-order valence-electron chi connectivity index (χ2n) is 3.58. The summed E-state index contributed by atoms with van der Waals surface area (Å²) in [7, 11) is 0. The minimum absolute atomic E-state index is 0. The van der Waals surface area contributed by atoms with Gasteiger partial charge >= 0.3 is 0 Å². The maximum absolute atomic E-state index is 5.66. The van der Waals surface area contributed by atoms with Gasteiger partial charge in [0.1, 0.15) is 17.0 Å². The van der Waals surface area contributed by atoms with Crippen molar-refractivity contribution in [3.8, 4) is 0 Å². The number of nitrogens with two attached hydrogens (primary N) is 1. The van der Waals surface area contributed by atoms with Crippen LogP contribution < -0.4 is 5.73 Å². The zero-order valence-electron chi connectivity index (χ0n) is 8.71. The fourth-order valence-electron chi connectivity index (χ4n) is 1.76. The van der Waals surface area contributed by atoms with E-state index in [9.17, 15) is 0 Å². The van der Waals surface area contributed by atoms with Crippen molar-refractivity contribution in [3.63, 3.8) is 0 Å². The summed E-state index contributed by atoms with van der Waals surface area (Å²) in [6.07, 6.45) is 1.95. The van der Waals surface area contributed by atoms with Gasteiger partial charge in [-0.1, -0.05) is 6.07 Å². The molecule has 0 fully saturated rings. The van der Waals surface area contributed by atoms with Gasteiger partial charge in [0.2, 0.25) is 0 Å². The molecule has 0 saturated heterocycles. The SMILES string of the molecule is Cc1cccn2c1nc1ccc(N)nc12.Cl. The quantitative estimate of drug-likeness (QED) is 0.649. The van der Waals surface area contributed by atoms with Crippen molar-refractivity contribution in [3.05, 3.63) is 36.0 Å². The Morgan fingerprint density at radius 2 is 1.94 bits per heavy atom. The van der Waals surface area contributed by atoms with Crippen LogP contribution in [0.15, 0.2) is 30.5 Å². The van der Waals surface area contributed by atoms with E-state index in [4.69, 9.17) is 5.73 Å². The molecule has 5 heteroatoms. The molecule has 16 heavy (non-hydrogen) atoms. The van der Waals surface area contributed by atoms with E-state index >= 15 is 0 Å². The summed E-state index contributed by atoms with van der Waals surface area (Å²) >= 11 is 0. The number of pyridine rings is 2. The first-order valence-corrected chi connectivity index (χ1v) is 4.75. The zero-order chi connectivity index (χ0) is 10.4. The number of anilines is 1. The zero-order valence-corrected chi connectivity index (χ0v) is 9.53. The van der Waals surface area contributed by atoms with E-state index in [0.29, 0.717) is 5.82 Å². The lowest BCUT2D eigenvalue weighted by Crippen LogP contribution is -1.92. The van der Waals surface area contributed by atoms with Crippen LogP contribution >= 0.6 is 12.4 Å². The Morgan fingerprint density at radius 1 is 1.12 bits per heavy atom. The molecule has 0 spiro atoms. The van der Waals surface area contributed by atoms with Gasteiger partial charge in [-0.05, 0) is 30.7 Å². The van der Waals surface area contributed by atoms with Crippen LogP contribution in [-0.4, -0.2) is 14.4 Å². The van der Waals surface area contributed by atoms with Crippen LogP contribution in [0.4, 0.5) is 5.82 Å². The lowest BCUT2D eigenvalue weighted by molar-refractivity contribution is 1.17. The monoisotopic (exact) mass is 234 g/mol. The molecule has 0 amide bonds. The summed E-state index contributed by atoms with van der Waals surface area (Å²) in [4.78, 5) is 8.78. The van der Waals surface area contributed by atoms with E-state index in [1.54, 1.807) is 6.07 Å². The standard InChI is InChI=1S/C11H10N4.ClH/c1-7-3-2-6-15-10(7)13-8-4-5-9(12)14-11(8)15;/h2-6H,1H3,(H2,12,14);1H. The van der Waals surface area contributed by atoms with Gasteiger partial charge in [0.05, 0.1) is 0 Å². The topological polar surface area (TPSA) is 56.2 Å². The highest BCUT2D eigenvalue weighted by Crippen LogP contribution is 2.17. The van der Waals surface area contributed by atoms with Crippen LogP contribution in [0.2, 0.25) is 0 Å². The highest BCUT2D eigenvalue weighted by Gasteiger charge is 2.06. The van der Waals surface area contributed by atoms with Crippen molar-refractivity contribution in [1.82, 2.24) is 14.4 Å². The highest BCUT2D eigenvalue weighted by atomic mass is 35.5. The van der Waals surface area contributed by atoms with Gasteiger partial charge in [-0.15, -0.1) is 12.4 Å². The molecule has 0 unspecified atom stereocenters. The third-order valence-electron chi connectivity index (χ3n) is 2.49. The predicted molar refractivity (Wildman–Crippen MR) is 66.9 cm³/mol. The Labute approximate surface area is 98.5 Å². The molecule has 3 rings (SSSR count). The number of aryl methyl sites for hydroxylation is 1. The van der Waals surface area contributed by atoms with Crippen molar-refractivity contribution in [2.75, 3.05) is 5.73 Å². The van der Waals surface area contributed by atoms with E-state index in [1.165, 1.54) is 0 Å². The first-order valence-electron chi connectivity index (χ1n) is 4.75. The van der Waals surface area contributed by atoms with Crippen molar-refractivity contribution in [1.29, 1.82) is 0 Å². The van der Waals surface area contributed by atoms with E-state index < -0.39 is 0 Å². The third-order valence-corrected chi connectivity index (χ3v) is 2.49. The van der Waals surface area contributed by atoms with Gasteiger partial charge in [-0.25, -0.2) is 9.97 Å². The van der Waals surface area contributed by atoms with Gasteiger partial charge < -0.3 is 5.73 Å². The van der Waals surface area contributed by atoms with Gasteiger partial charge in [0, 0.05) is 6.20 Å². The Balaban J connectivity index is 0.000000963. The molecule has 0 bridgehead atoms. The molecule has 4 nitrogen and oxygen atoms in total. The number of halogens is 1. The number of nitrogen functional groups attached to an aromatic ring is 1. The van der Waals surface area contributed by atoms with Crippen molar-refractivity contribution < 1.29 is 0 Å². The van der Waals surface area contributed by atoms with E-state index in [-0.39, 0.29) is 12.4 Å². The predicted octanol–water partition coefficient (Wildman–Crippen LogP) is 2.19. The molecule has 0 radical (unpaired) electrons. The smallest absolute Gasteiger partial charge is 0.166 e. The molecular formula is C11H11ClN4. The van der Waals surface area contributed by atoms with Gasteiger partial charge in [-0.2, -0.15) is 0 Å². The average molecular weight is 235 g/mol. The van der Waals surface area contributed by atoms with E-state index in [2.05, 4.69) is 9.97 Å². The molecule has 0 aliphatic carbocycles. The van der Waals surface area contributed by atoms with Crippen LogP contribution in [0, 0.1) is 6.92 Å². The second-order valence-corrected chi connectivity index (χ2v) is 3.58. The Bertz CT molecular complexity index is 659. The van der Waals surface area contributed by atoms with Gasteiger partial charge in [0.25, 0.3) is 0 Å². The van der Waals surface area contributed by atoms with E-state index in [1.807, 2.05) is 35.7 Å². The molecular weight excluding hydrogens is 224 g/mol. The summed E-state index contributed by atoms with van der Waals surface area (Å²) in [6.45, 7) is 2.03. The largest absolute Gasteiger partial charge is 0.384 e. The molecule has 82 valence electrons. The number of imidazole rings is 1. The van der Waals surface area contributed by atoms with Crippen LogP contribution in [0.3, 0.4) is 0 Å². The number of hydrogen-bond acceptors (Lipinski definition) is 3. The normalized spacial score (nSPS) is 10.6. The number of aromatic nitrogens is 3. The summed E-state index contributed by atoms with van der Waals surface area (Å²) in [5.41, 5.74) is 9.42. The first-order chi connectivity index (χ1) is 7.25. The molecule has 0 saturated carbocycles. The van der Waals surface area contributed by atoms with E-state index in [0.717, 1.165) is 22.4 Å². The van der Waals surface area contributed by atoms with Crippen LogP contribution in [-0.2, 0) is 0 Å². The van der Waals surface area contributed by atoms with Crippen LogP contribution in [0.25, 0.3) is 16.8 Å². The maximum atomic E-state index is 5.66. The van der Waals surface area contributed by atoms with Gasteiger partial charge in [-0.3, -0.25) is 4.40 Å². The number of hydrogen-bond donors (Lipinski definition) is 1. The molecule has 3 aromatic rings. The maximum Gasteiger partial charge on any atom is 0.166 e. The fraction of sp³-hybridized carbons (Fsp3) is 0.0909. The molecule has 0 aliphatic heterocycles. The summed E-state index contributed by atoms with van der Waals surface area (Å²) in [5, 5.41) is 0. The van der Waals surface area contributed by atoms with Crippen molar-refractivity contribution >= 4 is 35.0 Å². The Morgan fingerprint density at radius 3 is 2.75 bits per heavy atom. The molecule has 3 aromatic heterocycles. The lowest BCUT2D eigenvalue weighted by Gasteiger charge is -1.96. The molecule has 3 heterocycles. The average Bonchev–Trinajstić information content (AvgIpc) is 2.58. The van der Waals surface area contributed by atoms with Crippen molar-refractivity contribution in [2.45, 2.75) is 6.92 Å². The first kappa shape index (κ1) is 10.7. The molecule has 0 aliphatic rings. The molecule has 0 aromatic carbocycles. The minimum Gasteiger partial charge on any atom is -0.384 e. The molecule has 0 atom stereocenters. The fourth-order valence-corrected chi connectivity index (χ4v) is 1.76. The van der Waals surface area contributed by atoms with Gasteiger partial charge in [0.15, 0.2) is 5.65 Å². The van der Waals surface area contributed by atoms with Crippen molar-refractivity contribution in [2.24, 2.45) is 0 Å². The van der Waals surface area contributed by atoms with Crippen LogP contribution in [0.5, 0.6) is 0 Å². The summed E-state index contributed by atoms with van der Waals surface area (Å²) < 4.78 is 1.96. The third kappa shape index (κ3) is 1.39. The minimum atomic E-state index is 0. The highest BCUT2D eigenvalue weighted by molar-refractivity contribution is 5.85. The number of nitrogens with zero attached hydrogens (tertiary/aromatic N) is 3.